The van der Waals surface area contributed by atoms with Gasteiger partial charge in [-0.05, 0) is 13.3 Å². The molecule has 1 aliphatic heterocycles. The number of hydrogen-bond donors (Lipinski definition) is 2. The maximum atomic E-state index is 12.0. The molecule has 1 unspecified atom stereocenters. The molecule has 104 valence electrons. The van der Waals surface area contributed by atoms with E-state index in [2.05, 4.69) is 0 Å². The van der Waals surface area contributed by atoms with Crippen molar-refractivity contribution < 1.29 is 19.4 Å². The van der Waals surface area contributed by atoms with E-state index < -0.39 is 11.6 Å². The number of nitrogens with two attached hydrogens (primary N) is 1. The summed E-state index contributed by atoms with van der Waals surface area (Å²) in [6.45, 7) is 4.76. The third-order valence-electron chi connectivity index (χ3n) is 3.18. The summed E-state index contributed by atoms with van der Waals surface area (Å²) in [5.74, 6) is -1.07. The van der Waals surface area contributed by atoms with E-state index in [-0.39, 0.29) is 18.4 Å². The summed E-state index contributed by atoms with van der Waals surface area (Å²) < 4.78 is 5.26. The van der Waals surface area contributed by atoms with Crippen LogP contribution in [0.5, 0.6) is 0 Å². The van der Waals surface area contributed by atoms with Gasteiger partial charge in [0, 0.05) is 6.54 Å². The lowest BCUT2D eigenvalue weighted by Crippen LogP contribution is -2.64. The molecule has 0 saturated carbocycles. The standard InChI is InChI=1S/C12H22N2O4/c1-3-4-9(5-13)11(17)14-7-12(2,8-14)18-6-10(15)16/h9H,3-8,13H2,1-2H3,(H,15,16). The van der Waals surface area contributed by atoms with Crippen LogP contribution in [0.25, 0.3) is 0 Å². The van der Waals surface area contributed by atoms with Gasteiger partial charge in [0.15, 0.2) is 0 Å². The van der Waals surface area contributed by atoms with Gasteiger partial charge in [0.05, 0.1) is 19.0 Å². The van der Waals surface area contributed by atoms with Gasteiger partial charge in [0.2, 0.25) is 5.91 Å². The predicted octanol–water partition coefficient (Wildman–Crippen LogP) is 0.0635. The number of rotatable bonds is 7. The lowest BCUT2D eigenvalue weighted by atomic mass is 9.92. The molecule has 0 radical (unpaired) electrons. The van der Waals surface area contributed by atoms with Crippen LogP contribution in [-0.4, -0.2) is 53.7 Å². The summed E-state index contributed by atoms with van der Waals surface area (Å²) in [4.78, 5) is 24.2. The zero-order chi connectivity index (χ0) is 13.8. The van der Waals surface area contributed by atoms with E-state index >= 15 is 0 Å². The molecule has 1 atom stereocenters. The monoisotopic (exact) mass is 258 g/mol. The first kappa shape index (κ1) is 14.9. The number of carboxylic acid groups (broad SMARTS) is 1. The zero-order valence-corrected chi connectivity index (χ0v) is 11.0. The zero-order valence-electron chi connectivity index (χ0n) is 11.0. The number of nitrogens with zero attached hydrogens (tertiary/aromatic N) is 1. The van der Waals surface area contributed by atoms with Crippen molar-refractivity contribution in [2.24, 2.45) is 11.7 Å². The highest BCUT2D eigenvalue weighted by molar-refractivity contribution is 5.80. The maximum Gasteiger partial charge on any atom is 0.329 e. The van der Waals surface area contributed by atoms with E-state index in [9.17, 15) is 9.59 Å². The Balaban J connectivity index is 2.40. The molecular formula is C12H22N2O4. The normalized spacial score (nSPS) is 19.2. The summed E-state index contributed by atoms with van der Waals surface area (Å²) in [7, 11) is 0. The van der Waals surface area contributed by atoms with Gasteiger partial charge in [0.1, 0.15) is 12.2 Å². The SMILES string of the molecule is CCCC(CN)C(=O)N1CC(C)(OCC(=O)O)C1. The Morgan fingerprint density at radius 1 is 1.50 bits per heavy atom. The lowest BCUT2D eigenvalue weighted by molar-refractivity contribution is -0.175. The first-order valence-electron chi connectivity index (χ1n) is 6.26. The summed E-state index contributed by atoms with van der Waals surface area (Å²) >= 11 is 0. The van der Waals surface area contributed by atoms with Crippen LogP contribution in [0.1, 0.15) is 26.7 Å². The highest BCUT2D eigenvalue weighted by Gasteiger charge is 2.43. The van der Waals surface area contributed by atoms with E-state index in [4.69, 9.17) is 15.6 Å². The van der Waals surface area contributed by atoms with Crippen molar-refractivity contribution in [2.75, 3.05) is 26.2 Å². The Kier molecular flexibility index (Phi) is 5.10. The molecule has 1 aliphatic rings. The number of hydrogen-bond acceptors (Lipinski definition) is 4. The summed E-state index contributed by atoms with van der Waals surface area (Å²) in [5, 5.41) is 8.55. The van der Waals surface area contributed by atoms with Crippen LogP contribution in [-0.2, 0) is 14.3 Å². The Labute approximate surface area is 107 Å². The minimum atomic E-state index is -0.994. The average molecular weight is 258 g/mol. The molecule has 18 heavy (non-hydrogen) atoms. The fraction of sp³-hybridized carbons (Fsp3) is 0.833. The number of likely N-dealkylation sites (tertiary alicyclic amines) is 1. The van der Waals surface area contributed by atoms with Crippen LogP contribution >= 0.6 is 0 Å². The van der Waals surface area contributed by atoms with E-state index in [1.807, 2.05) is 13.8 Å². The van der Waals surface area contributed by atoms with Crippen LogP contribution in [0, 0.1) is 5.92 Å². The Morgan fingerprint density at radius 3 is 2.56 bits per heavy atom. The fourth-order valence-corrected chi connectivity index (χ4v) is 2.19. The van der Waals surface area contributed by atoms with Gasteiger partial charge in [-0.3, -0.25) is 4.79 Å². The quantitative estimate of drug-likeness (QED) is 0.673. The number of ether oxygens (including phenoxy) is 1. The van der Waals surface area contributed by atoms with Gasteiger partial charge >= 0.3 is 5.97 Å². The molecule has 0 aromatic heterocycles. The second-order valence-electron chi connectivity index (χ2n) is 5.05. The second kappa shape index (κ2) is 6.15. The summed E-state index contributed by atoms with van der Waals surface area (Å²) in [5.41, 5.74) is 5.06. The third-order valence-corrected chi connectivity index (χ3v) is 3.18. The first-order valence-corrected chi connectivity index (χ1v) is 6.26. The van der Waals surface area contributed by atoms with Crippen molar-refractivity contribution >= 4 is 11.9 Å². The van der Waals surface area contributed by atoms with E-state index in [1.165, 1.54) is 0 Å². The molecule has 1 saturated heterocycles. The molecule has 6 heteroatoms. The minimum absolute atomic E-state index is 0.0516. The molecule has 6 nitrogen and oxygen atoms in total. The van der Waals surface area contributed by atoms with E-state index in [0.29, 0.717) is 19.6 Å². The Morgan fingerprint density at radius 2 is 2.11 bits per heavy atom. The Bertz CT molecular complexity index is 313. The van der Waals surface area contributed by atoms with Crippen LogP contribution < -0.4 is 5.73 Å². The minimum Gasteiger partial charge on any atom is -0.480 e. The number of carbonyl (C=O) groups excluding carboxylic acids is 1. The predicted molar refractivity (Wildman–Crippen MR) is 66.0 cm³/mol. The molecule has 3 N–H and O–H groups in total. The number of carbonyl (C=O) groups is 2. The average Bonchev–Trinajstić information content (AvgIpc) is 2.29. The molecule has 0 aromatic carbocycles. The largest absolute Gasteiger partial charge is 0.480 e. The highest BCUT2D eigenvalue weighted by atomic mass is 16.5. The molecule has 0 aromatic rings. The third kappa shape index (κ3) is 3.68. The van der Waals surface area contributed by atoms with Gasteiger partial charge in [-0.25, -0.2) is 4.79 Å². The highest BCUT2D eigenvalue weighted by Crippen LogP contribution is 2.26. The van der Waals surface area contributed by atoms with Crippen LogP contribution in [0.3, 0.4) is 0 Å². The smallest absolute Gasteiger partial charge is 0.329 e. The summed E-state index contributed by atoms with van der Waals surface area (Å²) in [6.07, 6.45) is 1.72. The van der Waals surface area contributed by atoms with Gasteiger partial charge in [-0.15, -0.1) is 0 Å². The van der Waals surface area contributed by atoms with Crippen LogP contribution in [0.2, 0.25) is 0 Å². The molecule has 0 spiro atoms. The molecule has 1 amide bonds. The first-order chi connectivity index (χ1) is 8.41. The number of amides is 1. The molecule has 0 aliphatic carbocycles. The lowest BCUT2D eigenvalue weighted by Gasteiger charge is -2.48. The van der Waals surface area contributed by atoms with E-state index in [0.717, 1.165) is 12.8 Å². The fourth-order valence-electron chi connectivity index (χ4n) is 2.19. The van der Waals surface area contributed by atoms with Gasteiger partial charge in [-0.1, -0.05) is 13.3 Å². The second-order valence-corrected chi connectivity index (χ2v) is 5.05. The van der Waals surface area contributed by atoms with Crippen LogP contribution in [0.15, 0.2) is 0 Å². The van der Waals surface area contributed by atoms with Gasteiger partial charge < -0.3 is 20.5 Å². The maximum absolute atomic E-state index is 12.0. The number of aliphatic carboxylic acids is 1. The summed E-state index contributed by atoms with van der Waals surface area (Å²) in [6, 6.07) is 0. The topological polar surface area (TPSA) is 92.9 Å². The van der Waals surface area contributed by atoms with Crippen molar-refractivity contribution in [3.05, 3.63) is 0 Å². The van der Waals surface area contributed by atoms with Crippen molar-refractivity contribution in [1.82, 2.24) is 4.90 Å². The van der Waals surface area contributed by atoms with E-state index in [1.54, 1.807) is 4.90 Å². The Hall–Kier alpha value is -1.14. The van der Waals surface area contributed by atoms with Crippen molar-refractivity contribution in [1.29, 1.82) is 0 Å². The molecular weight excluding hydrogens is 236 g/mol. The number of carboxylic acids is 1. The molecule has 1 rings (SSSR count). The molecule has 1 heterocycles. The van der Waals surface area contributed by atoms with Gasteiger partial charge in [-0.2, -0.15) is 0 Å². The van der Waals surface area contributed by atoms with Crippen molar-refractivity contribution in [3.8, 4) is 0 Å². The van der Waals surface area contributed by atoms with Crippen LogP contribution in [0.4, 0.5) is 0 Å². The molecule has 1 fully saturated rings. The van der Waals surface area contributed by atoms with Gasteiger partial charge in [0.25, 0.3) is 0 Å². The van der Waals surface area contributed by atoms with Crippen molar-refractivity contribution in [2.45, 2.75) is 32.3 Å². The molecule has 0 bridgehead atoms. The van der Waals surface area contributed by atoms with Crippen molar-refractivity contribution in [3.63, 3.8) is 0 Å².